The van der Waals surface area contributed by atoms with Gasteiger partial charge in [0.25, 0.3) is 5.91 Å². The Bertz CT molecular complexity index is 905. The van der Waals surface area contributed by atoms with Gasteiger partial charge in [-0.3, -0.25) is 9.59 Å². The molecule has 0 bridgehead atoms. The zero-order valence-corrected chi connectivity index (χ0v) is 15.8. The third-order valence-corrected chi connectivity index (χ3v) is 4.53. The minimum Gasteiger partial charge on any atom is -0.478 e. The maximum Gasteiger partial charge on any atom is 0.335 e. The summed E-state index contributed by atoms with van der Waals surface area (Å²) in [5, 5.41) is 11.7. The number of carbonyl (C=O) groups is 3. The highest BCUT2D eigenvalue weighted by Crippen LogP contribution is 2.37. The number of aromatic carboxylic acids is 1. The molecule has 0 saturated heterocycles. The van der Waals surface area contributed by atoms with Gasteiger partial charge < -0.3 is 20.1 Å². The first-order chi connectivity index (χ1) is 13.3. The van der Waals surface area contributed by atoms with Crippen molar-refractivity contribution in [3.8, 4) is 5.75 Å². The second-order valence-corrected chi connectivity index (χ2v) is 7.07. The molecule has 2 N–H and O–H groups in total. The Morgan fingerprint density at radius 3 is 2.46 bits per heavy atom. The molecule has 1 aliphatic heterocycles. The van der Waals surface area contributed by atoms with Crippen LogP contribution in [0.5, 0.6) is 5.75 Å². The number of nitrogens with zero attached hydrogens (tertiary/aromatic N) is 1. The Hall–Kier alpha value is -3.35. The van der Waals surface area contributed by atoms with Crippen molar-refractivity contribution in [2.75, 3.05) is 11.4 Å². The molecule has 0 unspecified atom stereocenters. The van der Waals surface area contributed by atoms with E-state index in [-0.39, 0.29) is 36.9 Å². The van der Waals surface area contributed by atoms with Crippen LogP contribution in [0.2, 0.25) is 0 Å². The van der Waals surface area contributed by atoms with Crippen LogP contribution < -0.4 is 15.0 Å². The van der Waals surface area contributed by atoms with Crippen molar-refractivity contribution in [3.63, 3.8) is 0 Å². The predicted molar refractivity (Wildman–Crippen MR) is 103 cm³/mol. The molecule has 0 fully saturated rings. The third-order valence-electron chi connectivity index (χ3n) is 4.53. The second-order valence-electron chi connectivity index (χ2n) is 7.07. The standard InChI is InChI=1S/C21H22N2O5/c1-21(2)20(27)23(16-5-3-4-6-17(16)28-21)12-11-18(24)22-13-14-7-9-15(10-8-14)19(25)26/h3-10H,11-13H2,1-2H3,(H,22,24)(H,25,26). The van der Waals surface area contributed by atoms with E-state index in [0.29, 0.717) is 11.4 Å². The van der Waals surface area contributed by atoms with Crippen LogP contribution in [-0.4, -0.2) is 35.0 Å². The van der Waals surface area contributed by atoms with Crippen LogP contribution in [0.4, 0.5) is 5.69 Å². The van der Waals surface area contributed by atoms with E-state index in [1.54, 1.807) is 43.0 Å². The van der Waals surface area contributed by atoms with Gasteiger partial charge in [0.2, 0.25) is 5.91 Å². The molecular formula is C21H22N2O5. The van der Waals surface area contributed by atoms with E-state index in [4.69, 9.17) is 9.84 Å². The summed E-state index contributed by atoms with van der Waals surface area (Å²) >= 11 is 0. The Morgan fingerprint density at radius 1 is 1.11 bits per heavy atom. The summed E-state index contributed by atoms with van der Waals surface area (Å²) in [6, 6.07) is 13.6. The smallest absolute Gasteiger partial charge is 0.335 e. The molecule has 1 aliphatic rings. The van der Waals surface area contributed by atoms with Gasteiger partial charge in [-0.2, -0.15) is 0 Å². The third kappa shape index (κ3) is 4.14. The highest BCUT2D eigenvalue weighted by atomic mass is 16.5. The lowest BCUT2D eigenvalue weighted by molar-refractivity contribution is -0.132. The number of benzene rings is 2. The van der Waals surface area contributed by atoms with Gasteiger partial charge >= 0.3 is 5.97 Å². The van der Waals surface area contributed by atoms with E-state index in [9.17, 15) is 14.4 Å². The molecule has 2 amide bonds. The Labute approximate surface area is 162 Å². The first-order valence-electron chi connectivity index (χ1n) is 8.97. The zero-order chi connectivity index (χ0) is 20.3. The molecule has 0 saturated carbocycles. The molecule has 146 valence electrons. The molecule has 0 aromatic heterocycles. The lowest BCUT2D eigenvalue weighted by atomic mass is 10.0. The number of amides is 2. The number of hydrogen-bond acceptors (Lipinski definition) is 4. The largest absolute Gasteiger partial charge is 0.478 e. The molecule has 2 aromatic carbocycles. The van der Waals surface area contributed by atoms with Crippen LogP contribution in [0.3, 0.4) is 0 Å². The molecule has 2 aromatic rings. The van der Waals surface area contributed by atoms with E-state index in [1.165, 1.54) is 12.1 Å². The average molecular weight is 382 g/mol. The lowest BCUT2D eigenvalue weighted by Crippen LogP contribution is -2.53. The minimum atomic E-state index is -0.992. The Kier molecular flexibility index (Phi) is 5.35. The summed E-state index contributed by atoms with van der Waals surface area (Å²) in [5.41, 5.74) is 0.662. The van der Waals surface area contributed by atoms with Crippen molar-refractivity contribution >= 4 is 23.5 Å². The van der Waals surface area contributed by atoms with Gasteiger partial charge in [0, 0.05) is 19.5 Å². The molecule has 1 heterocycles. The van der Waals surface area contributed by atoms with Crippen LogP contribution in [0.25, 0.3) is 0 Å². The van der Waals surface area contributed by atoms with E-state index in [2.05, 4.69) is 5.32 Å². The Morgan fingerprint density at radius 2 is 1.79 bits per heavy atom. The highest BCUT2D eigenvalue weighted by molar-refractivity contribution is 6.02. The van der Waals surface area contributed by atoms with Crippen molar-refractivity contribution < 1.29 is 24.2 Å². The lowest BCUT2D eigenvalue weighted by Gasteiger charge is -2.38. The minimum absolute atomic E-state index is 0.142. The number of nitrogens with one attached hydrogen (secondary N) is 1. The number of rotatable bonds is 6. The monoisotopic (exact) mass is 382 g/mol. The average Bonchev–Trinajstić information content (AvgIpc) is 2.66. The topological polar surface area (TPSA) is 95.9 Å². The number of carboxylic acids is 1. The van der Waals surface area contributed by atoms with Gasteiger partial charge in [-0.25, -0.2) is 4.79 Å². The van der Waals surface area contributed by atoms with E-state index in [0.717, 1.165) is 5.56 Å². The summed E-state index contributed by atoms with van der Waals surface area (Å²) in [4.78, 5) is 37.4. The number of ether oxygens (including phenoxy) is 1. The summed E-state index contributed by atoms with van der Waals surface area (Å²) in [6.45, 7) is 3.95. The fourth-order valence-electron chi connectivity index (χ4n) is 3.01. The molecular weight excluding hydrogens is 360 g/mol. The fraction of sp³-hybridized carbons (Fsp3) is 0.286. The molecule has 0 aliphatic carbocycles. The number of carbonyl (C=O) groups excluding carboxylic acids is 2. The van der Waals surface area contributed by atoms with Crippen LogP contribution in [-0.2, 0) is 16.1 Å². The highest BCUT2D eigenvalue weighted by Gasteiger charge is 2.40. The number of anilines is 1. The molecule has 3 rings (SSSR count). The first kappa shape index (κ1) is 19.4. The van der Waals surface area contributed by atoms with Crippen LogP contribution >= 0.6 is 0 Å². The van der Waals surface area contributed by atoms with Gasteiger partial charge in [-0.1, -0.05) is 24.3 Å². The normalized spacial score (nSPS) is 14.8. The molecule has 7 nitrogen and oxygen atoms in total. The number of para-hydroxylation sites is 2. The van der Waals surface area contributed by atoms with Crippen molar-refractivity contribution in [3.05, 3.63) is 59.7 Å². The summed E-state index contributed by atoms with van der Waals surface area (Å²) in [6.07, 6.45) is 0.142. The first-order valence-corrected chi connectivity index (χ1v) is 8.97. The maximum absolute atomic E-state index is 12.7. The van der Waals surface area contributed by atoms with Crippen LogP contribution in [0.1, 0.15) is 36.2 Å². The summed E-state index contributed by atoms with van der Waals surface area (Å²) in [7, 11) is 0. The molecule has 7 heteroatoms. The van der Waals surface area contributed by atoms with Crippen molar-refractivity contribution in [2.24, 2.45) is 0 Å². The second kappa shape index (κ2) is 7.72. The molecule has 0 atom stereocenters. The molecule has 28 heavy (non-hydrogen) atoms. The number of carboxylic acid groups (broad SMARTS) is 1. The van der Waals surface area contributed by atoms with E-state index in [1.807, 2.05) is 12.1 Å². The van der Waals surface area contributed by atoms with Crippen molar-refractivity contribution in [1.29, 1.82) is 0 Å². The van der Waals surface area contributed by atoms with Crippen molar-refractivity contribution in [2.45, 2.75) is 32.4 Å². The van der Waals surface area contributed by atoms with Gasteiger partial charge in [0.05, 0.1) is 11.3 Å². The quantitative estimate of drug-likeness (QED) is 0.801. The molecule has 0 radical (unpaired) electrons. The van der Waals surface area contributed by atoms with Gasteiger partial charge in [0.15, 0.2) is 5.60 Å². The van der Waals surface area contributed by atoms with Gasteiger partial charge in [-0.05, 0) is 43.7 Å². The predicted octanol–water partition coefficient (Wildman–Crippen LogP) is 2.60. The summed E-state index contributed by atoms with van der Waals surface area (Å²) < 4.78 is 5.77. The van der Waals surface area contributed by atoms with Crippen LogP contribution in [0, 0.1) is 0 Å². The number of hydrogen-bond donors (Lipinski definition) is 2. The van der Waals surface area contributed by atoms with E-state index < -0.39 is 11.6 Å². The van der Waals surface area contributed by atoms with Gasteiger partial charge in [0.1, 0.15) is 5.75 Å². The summed E-state index contributed by atoms with van der Waals surface area (Å²) in [5.74, 6) is -0.764. The SMILES string of the molecule is CC1(C)Oc2ccccc2N(CCC(=O)NCc2ccc(C(=O)O)cc2)C1=O. The number of fused-ring (bicyclic) bond motifs is 1. The molecule has 0 spiro atoms. The van der Waals surface area contributed by atoms with Gasteiger partial charge in [-0.15, -0.1) is 0 Å². The van der Waals surface area contributed by atoms with Crippen LogP contribution in [0.15, 0.2) is 48.5 Å². The van der Waals surface area contributed by atoms with Crippen molar-refractivity contribution in [1.82, 2.24) is 5.32 Å². The zero-order valence-electron chi connectivity index (χ0n) is 15.8. The van der Waals surface area contributed by atoms with E-state index >= 15 is 0 Å². The Balaban J connectivity index is 1.59. The fourth-order valence-corrected chi connectivity index (χ4v) is 3.01. The maximum atomic E-state index is 12.7.